The third-order valence-electron chi connectivity index (χ3n) is 2.52. The maximum atomic E-state index is 11.0. The van der Waals surface area contributed by atoms with Gasteiger partial charge in [0.1, 0.15) is 0 Å². The quantitative estimate of drug-likeness (QED) is 0.757. The lowest BCUT2D eigenvalue weighted by atomic mass is 9.98. The van der Waals surface area contributed by atoms with Gasteiger partial charge in [0.25, 0.3) is 0 Å². The molecule has 1 rings (SSSR count). The first-order chi connectivity index (χ1) is 6.26. The largest absolute Gasteiger partial charge is 0.468 e. The van der Waals surface area contributed by atoms with Crippen LogP contribution < -0.4 is 5.73 Å². The van der Waals surface area contributed by atoms with Crippen LogP contribution in [0.4, 0.5) is 0 Å². The van der Waals surface area contributed by atoms with Crippen LogP contribution in [0.25, 0.3) is 0 Å². The Bertz CT molecular complexity index is 181. The molecule has 92 valence electrons. The van der Waals surface area contributed by atoms with Gasteiger partial charge in [-0.1, -0.05) is 0 Å². The number of piperidine rings is 1. The number of methoxy groups -OCH3 is 1. The fraction of sp³-hybridized carbons (Fsp3) is 0.889. The third-order valence-corrected chi connectivity index (χ3v) is 2.52. The summed E-state index contributed by atoms with van der Waals surface area (Å²) >= 11 is 0. The number of likely N-dealkylation sites (tertiary alicyclic amines) is 1. The van der Waals surface area contributed by atoms with Crippen LogP contribution >= 0.6 is 24.8 Å². The zero-order valence-electron chi connectivity index (χ0n) is 8.98. The van der Waals surface area contributed by atoms with Gasteiger partial charge in [-0.05, 0) is 31.8 Å². The molecule has 1 aliphatic rings. The van der Waals surface area contributed by atoms with Gasteiger partial charge in [-0.2, -0.15) is 0 Å². The molecule has 0 radical (unpaired) electrons. The Morgan fingerprint density at radius 1 is 1.53 bits per heavy atom. The predicted molar refractivity (Wildman–Crippen MR) is 64.7 cm³/mol. The Morgan fingerprint density at radius 2 is 2.20 bits per heavy atom. The minimum atomic E-state index is -0.155. The van der Waals surface area contributed by atoms with Crippen molar-refractivity contribution in [2.75, 3.05) is 33.3 Å². The number of carbonyl (C=O) groups excluding carboxylic acids is 1. The van der Waals surface area contributed by atoms with Crippen molar-refractivity contribution in [3.05, 3.63) is 0 Å². The molecule has 1 unspecified atom stereocenters. The van der Waals surface area contributed by atoms with Crippen LogP contribution in [-0.4, -0.2) is 44.2 Å². The van der Waals surface area contributed by atoms with Crippen molar-refractivity contribution < 1.29 is 9.53 Å². The number of rotatable bonds is 3. The van der Waals surface area contributed by atoms with Crippen molar-refractivity contribution in [1.82, 2.24) is 4.90 Å². The zero-order chi connectivity index (χ0) is 9.68. The van der Waals surface area contributed by atoms with Crippen LogP contribution in [0.1, 0.15) is 12.8 Å². The summed E-state index contributed by atoms with van der Waals surface area (Å²) < 4.78 is 4.61. The van der Waals surface area contributed by atoms with Crippen LogP contribution in [0, 0.1) is 5.92 Å². The smallest absolute Gasteiger partial charge is 0.319 e. The molecule has 0 aliphatic carbocycles. The number of ether oxygens (including phenoxy) is 1. The highest BCUT2D eigenvalue weighted by Crippen LogP contribution is 2.14. The van der Waals surface area contributed by atoms with Gasteiger partial charge in [0.2, 0.25) is 0 Å². The normalized spacial score (nSPS) is 21.1. The highest BCUT2D eigenvalue weighted by atomic mass is 35.5. The molecule has 4 nitrogen and oxygen atoms in total. The number of carbonyl (C=O) groups is 1. The van der Waals surface area contributed by atoms with Crippen molar-refractivity contribution >= 4 is 30.8 Å². The Morgan fingerprint density at radius 3 is 2.73 bits per heavy atom. The molecule has 0 spiro atoms. The maximum absolute atomic E-state index is 11.0. The average Bonchev–Trinajstić information content (AvgIpc) is 2.18. The summed E-state index contributed by atoms with van der Waals surface area (Å²) in [5.41, 5.74) is 5.59. The molecule has 1 saturated heterocycles. The number of nitrogens with zero attached hydrogens (tertiary/aromatic N) is 1. The standard InChI is InChI=1S/C9H18N2O2.2ClH/c1-13-9(12)7-11-4-2-3-8(5-10)6-11;;/h8H,2-7,10H2,1H3;2*1H. The van der Waals surface area contributed by atoms with E-state index in [0.717, 1.165) is 26.1 Å². The Balaban J connectivity index is 0. The lowest BCUT2D eigenvalue weighted by Crippen LogP contribution is -2.41. The molecule has 0 aromatic carbocycles. The summed E-state index contributed by atoms with van der Waals surface area (Å²) in [5.74, 6) is 0.399. The summed E-state index contributed by atoms with van der Waals surface area (Å²) in [7, 11) is 1.42. The number of esters is 1. The molecular formula is C9H20Cl2N2O2. The van der Waals surface area contributed by atoms with E-state index in [0.29, 0.717) is 12.5 Å². The van der Waals surface area contributed by atoms with Crippen molar-refractivity contribution in [1.29, 1.82) is 0 Å². The lowest BCUT2D eigenvalue weighted by Gasteiger charge is -2.30. The van der Waals surface area contributed by atoms with E-state index in [-0.39, 0.29) is 30.8 Å². The average molecular weight is 259 g/mol. The molecule has 6 heteroatoms. The fourth-order valence-corrected chi connectivity index (χ4v) is 1.73. The maximum Gasteiger partial charge on any atom is 0.319 e. The molecule has 0 bridgehead atoms. The third kappa shape index (κ3) is 6.20. The molecule has 15 heavy (non-hydrogen) atoms. The van der Waals surface area contributed by atoms with Crippen molar-refractivity contribution in [3.8, 4) is 0 Å². The monoisotopic (exact) mass is 258 g/mol. The molecule has 0 aromatic rings. The van der Waals surface area contributed by atoms with Gasteiger partial charge in [-0.15, -0.1) is 24.8 Å². The van der Waals surface area contributed by atoms with Crippen LogP contribution in [0.3, 0.4) is 0 Å². The molecule has 1 atom stereocenters. The van der Waals surface area contributed by atoms with E-state index < -0.39 is 0 Å². The van der Waals surface area contributed by atoms with Gasteiger partial charge in [0.05, 0.1) is 13.7 Å². The van der Waals surface area contributed by atoms with Crippen molar-refractivity contribution in [2.45, 2.75) is 12.8 Å². The second-order valence-corrected chi connectivity index (χ2v) is 3.56. The van der Waals surface area contributed by atoms with E-state index in [1.54, 1.807) is 0 Å². The minimum Gasteiger partial charge on any atom is -0.468 e. The van der Waals surface area contributed by atoms with Gasteiger partial charge < -0.3 is 10.5 Å². The molecule has 2 N–H and O–H groups in total. The second-order valence-electron chi connectivity index (χ2n) is 3.56. The summed E-state index contributed by atoms with van der Waals surface area (Å²) in [6.07, 6.45) is 2.33. The number of nitrogens with two attached hydrogens (primary N) is 1. The molecular weight excluding hydrogens is 239 g/mol. The van der Waals surface area contributed by atoms with E-state index in [4.69, 9.17) is 5.73 Å². The van der Waals surface area contributed by atoms with Crippen LogP contribution in [-0.2, 0) is 9.53 Å². The van der Waals surface area contributed by atoms with E-state index in [1.165, 1.54) is 13.5 Å². The molecule has 0 saturated carbocycles. The number of hydrogen-bond donors (Lipinski definition) is 1. The SMILES string of the molecule is COC(=O)CN1CCCC(CN)C1.Cl.Cl. The van der Waals surface area contributed by atoms with Crippen molar-refractivity contribution in [3.63, 3.8) is 0 Å². The second kappa shape index (κ2) is 9.21. The molecule has 0 amide bonds. The van der Waals surface area contributed by atoms with Gasteiger partial charge in [0, 0.05) is 6.54 Å². The minimum absolute atomic E-state index is 0. The number of hydrogen-bond acceptors (Lipinski definition) is 4. The zero-order valence-corrected chi connectivity index (χ0v) is 10.6. The lowest BCUT2D eigenvalue weighted by molar-refractivity contribution is -0.142. The van der Waals surface area contributed by atoms with Gasteiger partial charge in [-0.3, -0.25) is 9.69 Å². The number of halogens is 2. The van der Waals surface area contributed by atoms with E-state index >= 15 is 0 Å². The van der Waals surface area contributed by atoms with Crippen LogP contribution in [0.15, 0.2) is 0 Å². The summed E-state index contributed by atoms with van der Waals surface area (Å²) in [6.45, 7) is 3.06. The Labute approximate surface area is 103 Å². The van der Waals surface area contributed by atoms with Crippen LogP contribution in [0.2, 0.25) is 0 Å². The first-order valence-electron chi connectivity index (χ1n) is 4.75. The highest BCUT2D eigenvalue weighted by Gasteiger charge is 2.20. The summed E-state index contributed by atoms with van der Waals surface area (Å²) in [6, 6.07) is 0. The first kappa shape index (κ1) is 17.4. The van der Waals surface area contributed by atoms with E-state index in [9.17, 15) is 4.79 Å². The summed E-state index contributed by atoms with van der Waals surface area (Å²) in [5, 5.41) is 0. The fourth-order valence-electron chi connectivity index (χ4n) is 1.73. The topological polar surface area (TPSA) is 55.6 Å². The predicted octanol–water partition coefficient (Wildman–Crippen LogP) is 0.674. The van der Waals surface area contributed by atoms with Gasteiger partial charge in [0.15, 0.2) is 0 Å². The molecule has 1 aliphatic heterocycles. The first-order valence-corrected chi connectivity index (χ1v) is 4.75. The highest BCUT2D eigenvalue weighted by molar-refractivity contribution is 5.85. The van der Waals surface area contributed by atoms with Gasteiger partial charge in [-0.25, -0.2) is 0 Å². The Hall–Kier alpha value is -0.0300. The van der Waals surface area contributed by atoms with Crippen LogP contribution in [0.5, 0.6) is 0 Å². The van der Waals surface area contributed by atoms with E-state index in [2.05, 4.69) is 9.64 Å². The van der Waals surface area contributed by atoms with E-state index in [1.807, 2.05) is 0 Å². The molecule has 1 heterocycles. The van der Waals surface area contributed by atoms with Gasteiger partial charge >= 0.3 is 5.97 Å². The Kier molecular flexibility index (Phi) is 10.7. The molecule has 0 aromatic heterocycles. The molecule has 1 fully saturated rings. The van der Waals surface area contributed by atoms with Crippen molar-refractivity contribution in [2.24, 2.45) is 11.7 Å². The summed E-state index contributed by atoms with van der Waals surface area (Å²) in [4.78, 5) is 13.1.